The number of nitrogens with zero attached hydrogens (tertiary/aromatic N) is 2. The van der Waals surface area contributed by atoms with Gasteiger partial charge in [0.05, 0.1) is 30.0 Å². The lowest BCUT2D eigenvalue weighted by Gasteiger charge is -2.09. The fourth-order valence-corrected chi connectivity index (χ4v) is 2.74. The Balaban J connectivity index is 1.72. The van der Waals surface area contributed by atoms with Gasteiger partial charge in [0.15, 0.2) is 6.10 Å². The first-order valence-corrected chi connectivity index (χ1v) is 7.43. The summed E-state index contributed by atoms with van der Waals surface area (Å²) in [5.74, 6) is -0.0855. The number of carbonyl (C=O) groups is 1. The van der Waals surface area contributed by atoms with Crippen LogP contribution in [0.4, 0.5) is 0 Å². The molecular weight excluding hydrogens is 286 g/mol. The third kappa shape index (κ3) is 3.10. The van der Waals surface area contributed by atoms with E-state index >= 15 is 0 Å². The molecule has 1 aliphatic rings. The Labute approximate surface area is 126 Å². The first-order valence-electron chi connectivity index (χ1n) is 6.55. The van der Waals surface area contributed by atoms with Crippen LogP contribution in [0.1, 0.15) is 23.5 Å². The first-order chi connectivity index (χ1) is 10.2. The van der Waals surface area contributed by atoms with E-state index in [0.717, 1.165) is 16.3 Å². The SMILES string of the molecule is CC(NC(=O)C1CO1)c1nc(-c2ccc(C#N)cc2)cs1. The third-order valence-electron chi connectivity index (χ3n) is 3.19. The molecule has 2 heterocycles. The zero-order valence-corrected chi connectivity index (χ0v) is 12.2. The molecule has 0 spiro atoms. The smallest absolute Gasteiger partial charge is 0.252 e. The van der Waals surface area contributed by atoms with Crippen molar-refractivity contribution in [2.75, 3.05) is 6.61 Å². The number of carbonyl (C=O) groups excluding carboxylic acids is 1. The molecule has 2 aromatic rings. The van der Waals surface area contributed by atoms with E-state index in [2.05, 4.69) is 16.4 Å². The van der Waals surface area contributed by atoms with Crippen LogP contribution in [-0.2, 0) is 9.53 Å². The summed E-state index contributed by atoms with van der Waals surface area (Å²) in [6.07, 6.45) is -0.287. The highest BCUT2D eigenvalue weighted by molar-refractivity contribution is 7.10. The van der Waals surface area contributed by atoms with Crippen LogP contribution in [0, 0.1) is 11.3 Å². The van der Waals surface area contributed by atoms with Gasteiger partial charge in [-0.3, -0.25) is 4.79 Å². The van der Waals surface area contributed by atoms with Gasteiger partial charge in [-0.2, -0.15) is 5.26 Å². The van der Waals surface area contributed by atoms with Crippen LogP contribution >= 0.6 is 11.3 Å². The topological polar surface area (TPSA) is 78.3 Å². The summed E-state index contributed by atoms with van der Waals surface area (Å²) in [6, 6.07) is 9.23. The van der Waals surface area contributed by atoms with E-state index < -0.39 is 0 Å². The Hall–Kier alpha value is -2.23. The standard InChI is InChI=1S/C15H13N3O2S/c1-9(17-14(19)13-7-20-13)15-18-12(8-21-15)11-4-2-10(6-16)3-5-11/h2-5,8-9,13H,7H2,1H3,(H,17,19). The average Bonchev–Trinajstić information content (AvgIpc) is 3.24. The number of rotatable bonds is 4. The molecule has 0 radical (unpaired) electrons. The van der Waals surface area contributed by atoms with Gasteiger partial charge in [-0.25, -0.2) is 4.98 Å². The van der Waals surface area contributed by atoms with E-state index in [1.807, 2.05) is 24.4 Å². The number of nitrogens with one attached hydrogen (secondary N) is 1. The van der Waals surface area contributed by atoms with Crippen LogP contribution in [-0.4, -0.2) is 23.6 Å². The van der Waals surface area contributed by atoms with Gasteiger partial charge < -0.3 is 10.1 Å². The first kappa shape index (κ1) is 13.7. The molecule has 0 saturated carbocycles. The lowest BCUT2D eigenvalue weighted by molar-refractivity contribution is -0.122. The van der Waals surface area contributed by atoms with E-state index in [-0.39, 0.29) is 18.1 Å². The minimum absolute atomic E-state index is 0.0855. The summed E-state index contributed by atoms with van der Waals surface area (Å²) < 4.78 is 4.95. The fourth-order valence-electron chi connectivity index (χ4n) is 1.90. The number of aromatic nitrogens is 1. The summed E-state index contributed by atoms with van der Waals surface area (Å²) >= 11 is 1.50. The third-order valence-corrected chi connectivity index (χ3v) is 4.21. The van der Waals surface area contributed by atoms with Crippen molar-refractivity contribution in [1.82, 2.24) is 10.3 Å². The van der Waals surface area contributed by atoms with Crippen LogP contribution < -0.4 is 5.32 Å². The summed E-state index contributed by atoms with van der Waals surface area (Å²) in [5.41, 5.74) is 2.43. The highest BCUT2D eigenvalue weighted by atomic mass is 32.1. The average molecular weight is 299 g/mol. The van der Waals surface area contributed by atoms with Crippen molar-refractivity contribution >= 4 is 17.2 Å². The largest absolute Gasteiger partial charge is 0.363 e. The molecule has 1 saturated heterocycles. The highest BCUT2D eigenvalue weighted by Gasteiger charge is 2.32. The number of hydrogen-bond donors (Lipinski definition) is 1. The number of benzene rings is 1. The molecule has 1 aromatic carbocycles. The second-order valence-electron chi connectivity index (χ2n) is 4.81. The molecule has 5 nitrogen and oxygen atoms in total. The summed E-state index contributed by atoms with van der Waals surface area (Å²) in [7, 11) is 0. The quantitative estimate of drug-likeness (QED) is 0.878. The molecule has 6 heteroatoms. The van der Waals surface area contributed by atoms with E-state index in [1.54, 1.807) is 12.1 Å². The van der Waals surface area contributed by atoms with Crippen molar-refractivity contribution in [2.24, 2.45) is 0 Å². The normalized spacial score (nSPS) is 17.8. The van der Waals surface area contributed by atoms with Crippen molar-refractivity contribution in [3.63, 3.8) is 0 Å². The summed E-state index contributed by atoms with van der Waals surface area (Å²) in [5, 5.41) is 14.5. The number of nitriles is 1. The van der Waals surface area contributed by atoms with Gasteiger partial charge in [0, 0.05) is 10.9 Å². The van der Waals surface area contributed by atoms with Gasteiger partial charge in [-0.15, -0.1) is 11.3 Å². The molecular formula is C15H13N3O2S. The van der Waals surface area contributed by atoms with E-state index in [0.29, 0.717) is 12.2 Å². The molecule has 1 fully saturated rings. The minimum atomic E-state index is -0.287. The maximum atomic E-state index is 11.6. The van der Waals surface area contributed by atoms with E-state index in [4.69, 9.17) is 10.00 Å². The predicted molar refractivity (Wildman–Crippen MR) is 78.6 cm³/mol. The maximum absolute atomic E-state index is 11.6. The lowest BCUT2D eigenvalue weighted by atomic mass is 10.1. The predicted octanol–water partition coefficient (Wildman–Crippen LogP) is 2.26. The number of thiazole rings is 1. The van der Waals surface area contributed by atoms with Crippen molar-refractivity contribution in [3.8, 4) is 17.3 Å². The Morgan fingerprint density at radius 2 is 2.24 bits per heavy atom. The van der Waals surface area contributed by atoms with Crippen molar-refractivity contribution in [1.29, 1.82) is 5.26 Å². The van der Waals surface area contributed by atoms with Crippen LogP contribution in [0.3, 0.4) is 0 Å². The molecule has 2 atom stereocenters. The Morgan fingerprint density at radius 1 is 1.52 bits per heavy atom. The van der Waals surface area contributed by atoms with Crippen LogP contribution in [0.25, 0.3) is 11.3 Å². The van der Waals surface area contributed by atoms with Crippen LogP contribution in [0.15, 0.2) is 29.6 Å². The van der Waals surface area contributed by atoms with Crippen molar-refractivity contribution < 1.29 is 9.53 Å². The maximum Gasteiger partial charge on any atom is 0.252 e. The lowest BCUT2D eigenvalue weighted by Crippen LogP contribution is -2.30. The molecule has 1 N–H and O–H groups in total. The second-order valence-corrected chi connectivity index (χ2v) is 5.70. The zero-order chi connectivity index (χ0) is 14.8. The van der Waals surface area contributed by atoms with Crippen molar-refractivity contribution in [3.05, 3.63) is 40.2 Å². The molecule has 3 rings (SSSR count). The molecule has 0 bridgehead atoms. The molecule has 106 valence electrons. The number of amides is 1. The van der Waals surface area contributed by atoms with Gasteiger partial charge in [-0.1, -0.05) is 12.1 Å². The summed E-state index contributed by atoms with van der Waals surface area (Å²) in [6.45, 7) is 2.41. The van der Waals surface area contributed by atoms with Gasteiger partial charge in [0.1, 0.15) is 5.01 Å². The monoisotopic (exact) mass is 299 g/mol. The molecule has 2 unspecified atom stereocenters. The van der Waals surface area contributed by atoms with Gasteiger partial charge in [0.2, 0.25) is 0 Å². The summed E-state index contributed by atoms with van der Waals surface area (Å²) in [4.78, 5) is 16.2. The van der Waals surface area contributed by atoms with Crippen LogP contribution in [0.5, 0.6) is 0 Å². The van der Waals surface area contributed by atoms with Gasteiger partial charge >= 0.3 is 0 Å². The number of hydrogen-bond acceptors (Lipinski definition) is 5. The highest BCUT2D eigenvalue weighted by Crippen LogP contribution is 2.26. The molecule has 21 heavy (non-hydrogen) atoms. The Kier molecular flexibility index (Phi) is 3.69. The molecule has 1 aliphatic heterocycles. The minimum Gasteiger partial charge on any atom is -0.363 e. The number of ether oxygens (including phenoxy) is 1. The van der Waals surface area contributed by atoms with Crippen LogP contribution in [0.2, 0.25) is 0 Å². The Morgan fingerprint density at radius 3 is 2.86 bits per heavy atom. The van der Waals surface area contributed by atoms with Gasteiger partial charge in [0.25, 0.3) is 5.91 Å². The second kappa shape index (κ2) is 5.64. The molecule has 0 aliphatic carbocycles. The Bertz CT molecular complexity index is 698. The van der Waals surface area contributed by atoms with Crippen molar-refractivity contribution in [2.45, 2.75) is 19.1 Å². The molecule has 1 amide bonds. The fraction of sp³-hybridized carbons (Fsp3) is 0.267. The van der Waals surface area contributed by atoms with Gasteiger partial charge in [-0.05, 0) is 19.1 Å². The van der Waals surface area contributed by atoms with E-state index in [1.165, 1.54) is 11.3 Å². The number of epoxide rings is 1. The molecule has 1 aromatic heterocycles. The van der Waals surface area contributed by atoms with E-state index in [9.17, 15) is 4.79 Å². The zero-order valence-electron chi connectivity index (χ0n) is 11.4.